The van der Waals surface area contributed by atoms with Gasteiger partial charge in [-0.05, 0) is 24.1 Å². The fourth-order valence-electron chi connectivity index (χ4n) is 4.80. The molecule has 1 atom stereocenters. The molecule has 0 radical (unpaired) electrons. The van der Waals surface area contributed by atoms with Gasteiger partial charge in [-0.1, -0.05) is 62.2 Å². The molecule has 36 heavy (non-hydrogen) atoms. The molecule has 0 aliphatic carbocycles. The number of amides is 1. The summed E-state index contributed by atoms with van der Waals surface area (Å²) >= 11 is 0. The van der Waals surface area contributed by atoms with Gasteiger partial charge in [0, 0.05) is 36.6 Å². The molecule has 0 saturated heterocycles. The Morgan fingerprint density at radius 1 is 1.17 bits per heavy atom. The highest BCUT2D eigenvalue weighted by molar-refractivity contribution is 5.78. The molecule has 0 spiro atoms. The summed E-state index contributed by atoms with van der Waals surface area (Å²) in [5.74, 6) is 1.84. The molecule has 0 saturated carbocycles. The van der Waals surface area contributed by atoms with Crippen LogP contribution in [0.4, 0.5) is 0 Å². The number of nitrogens with zero attached hydrogens (tertiary/aromatic N) is 5. The van der Waals surface area contributed by atoms with E-state index in [-0.39, 0.29) is 18.4 Å². The normalized spacial score (nSPS) is 14.9. The van der Waals surface area contributed by atoms with Crippen LogP contribution in [0.1, 0.15) is 60.7 Å². The number of imidazole rings is 2. The van der Waals surface area contributed by atoms with Gasteiger partial charge in [0.2, 0.25) is 5.91 Å². The fraction of sp³-hybridized carbons (Fsp3) is 0.310. The molecule has 182 valence electrons. The van der Waals surface area contributed by atoms with Crippen molar-refractivity contribution in [2.45, 2.75) is 51.6 Å². The lowest BCUT2D eigenvalue weighted by atomic mass is 10.1. The first-order valence-corrected chi connectivity index (χ1v) is 12.6. The third-order valence-electron chi connectivity index (χ3n) is 6.76. The third kappa shape index (κ3) is 5.23. The Morgan fingerprint density at radius 2 is 1.97 bits per heavy atom. The average Bonchev–Trinajstić information content (AvgIpc) is 3.55. The summed E-state index contributed by atoms with van der Waals surface area (Å²) in [6.07, 6.45) is 8.08. The second kappa shape index (κ2) is 10.6. The number of benzene rings is 2. The van der Waals surface area contributed by atoms with Gasteiger partial charge in [-0.25, -0.2) is 9.97 Å². The number of hydrogen-bond donors (Lipinski definition) is 1. The number of rotatable bonds is 8. The smallest absolute Gasteiger partial charge is 0.229 e. The standard InChI is InChI=1S/C29H30N6O/c1-2-3-9-25-18-34(20-28-33-26(19-35(25)28)23-7-5-4-6-8-23)29(36)15-24-17-31-27(32-24)14-21-10-12-22(16-30)13-11-21/h4-8,10-13,17,19,25H,2-3,9,14-15,18,20H2,1H3,(H,31,32). The summed E-state index contributed by atoms with van der Waals surface area (Å²) in [5, 5.41) is 8.97. The molecule has 0 fully saturated rings. The Bertz CT molecular complexity index is 1360. The largest absolute Gasteiger partial charge is 0.345 e. The molecule has 4 aromatic rings. The quantitative estimate of drug-likeness (QED) is 0.384. The molecule has 1 unspecified atom stereocenters. The Labute approximate surface area is 211 Å². The highest BCUT2D eigenvalue weighted by Gasteiger charge is 2.29. The summed E-state index contributed by atoms with van der Waals surface area (Å²) in [7, 11) is 0. The second-order valence-electron chi connectivity index (χ2n) is 9.40. The van der Waals surface area contributed by atoms with E-state index in [1.165, 1.54) is 0 Å². The van der Waals surface area contributed by atoms with Gasteiger partial charge in [0.15, 0.2) is 0 Å². The number of carbonyl (C=O) groups excluding carboxylic acids is 1. The number of H-pyrrole nitrogens is 1. The average molecular weight is 479 g/mol. The van der Waals surface area contributed by atoms with Crippen LogP contribution in [0.5, 0.6) is 0 Å². The number of fused-ring (bicyclic) bond motifs is 1. The Balaban J connectivity index is 1.28. The number of aromatic nitrogens is 4. The van der Waals surface area contributed by atoms with Crippen LogP contribution in [0.3, 0.4) is 0 Å². The van der Waals surface area contributed by atoms with Crippen LogP contribution in [-0.2, 0) is 24.2 Å². The van der Waals surface area contributed by atoms with Crippen molar-refractivity contribution in [1.29, 1.82) is 5.26 Å². The summed E-state index contributed by atoms with van der Waals surface area (Å²) < 4.78 is 2.29. The minimum atomic E-state index is 0.0839. The van der Waals surface area contributed by atoms with Crippen LogP contribution in [0, 0.1) is 11.3 Å². The number of nitriles is 1. The van der Waals surface area contributed by atoms with E-state index in [2.05, 4.69) is 45.9 Å². The van der Waals surface area contributed by atoms with Gasteiger partial charge in [0.25, 0.3) is 0 Å². The van der Waals surface area contributed by atoms with E-state index in [1.54, 1.807) is 18.3 Å². The number of unbranched alkanes of at least 4 members (excludes halogenated alkanes) is 1. The van der Waals surface area contributed by atoms with Gasteiger partial charge in [-0.15, -0.1) is 0 Å². The number of nitrogens with one attached hydrogen (secondary N) is 1. The van der Waals surface area contributed by atoms with Crippen molar-refractivity contribution in [3.63, 3.8) is 0 Å². The molecule has 2 aromatic heterocycles. The summed E-state index contributed by atoms with van der Waals surface area (Å²) in [5.41, 5.74) is 4.57. The van der Waals surface area contributed by atoms with Crippen molar-refractivity contribution in [1.82, 2.24) is 24.4 Å². The van der Waals surface area contributed by atoms with E-state index in [0.717, 1.165) is 53.4 Å². The highest BCUT2D eigenvalue weighted by Crippen LogP contribution is 2.29. The van der Waals surface area contributed by atoms with Gasteiger partial charge in [0.1, 0.15) is 11.6 Å². The Hall–Kier alpha value is -4.18. The van der Waals surface area contributed by atoms with Crippen LogP contribution in [-0.4, -0.2) is 36.9 Å². The van der Waals surface area contributed by atoms with Gasteiger partial charge in [-0.2, -0.15) is 5.26 Å². The first kappa shape index (κ1) is 23.6. The lowest BCUT2D eigenvalue weighted by Crippen LogP contribution is -2.41. The minimum absolute atomic E-state index is 0.0839. The fourth-order valence-corrected chi connectivity index (χ4v) is 4.80. The van der Waals surface area contributed by atoms with Crippen LogP contribution < -0.4 is 0 Å². The number of aromatic amines is 1. The van der Waals surface area contributed by atoms with E-state index < -0.39 is 0 Å². The first-order valence-electron chi connectivity index (χ1n) is 12.6. The van der Waals surface area contributed by atoms with Crippen LogP contribution in [0.2, 0.25) is 0 Å². The lowest BCUT2D eigenvalue weighted by molar-refractivity contribution is -0.132. The van der Waals surface area contributed by atoms with E-state index in [9.17, 15) is 4.79 Å². The molecule has 1 N–H and O–H groups in total. The maximum atomic E-state index is 13.3. The van der Waals surface area contributed by atoms with Crippen molar-refractivity contribution in [2.75, 3.05) is 6.54 Å². The molecule has 1 aliphatic heterocycles. The predicted octanol–water partition coefficient (Wildman–Crippen LogP) is 5.05. The number of carbonyl (C=O) groups is 1. The number of hydrogen-bond acceptors (Lipinski definition) is 4. The van der Waals surface area contributed by atoms with Crippen LogP contribution in [0.15, 0.2) is 67.0 Å². The molecular weight excluding hydrogens is 448 g/mol. The van der Waals surface area contributed by atoms with Gasteiger partial charge < -0.3 is 14.5 Å². The topological polar surface area (TPSA) is 90.6 Å². The van der Waals surface area contributed by atoms with Crippen molar-refractivity contribution < 1.29 is 4.79 Å². The minimum Gasteiger partial charge on any atom is -0.345 e. The molecule has 7 nitrogen and oxygen atoms in total. The Morgan fingerprint density at radius 3 is 2.72 bits per heavy atom. The molecule has 1 amide bonds. The van der Waals surface area contributed by atoms with Crippen LogP contribution in [0.25, 0.3) is 11.3 Å². The van der Waals surface area contributed by atoms with E-state index in [1.807, 2.05) is 35.2 Å². The van der Waals surface area contributed by atoms with E-state index in [4.69, 9.17) is 10.2 Å². The summed E-state index contributed by atoms with van der Waals surface area (Å²) in [6.45, 7) is 3.41. The summed E-state index contributed by atoms with van der Waals surface area (Å²) in [4.78, 5) is 28.0. The molecule has 5 rings (SSSR count). The molecule has 3 heterocycles. The maximum absolute atomic E-state index is 13.3. The van der Waals surface area contributed by atoms with Crippen molar-refractivity contribution in [3.05, 3.63) is 95.5 Å². The molecule has 7 heteroatoms. The van der Waals surface area contributed by atoms with E-state index >= 15 is 0 Å². The second-order valence-corrected chi connectivity index (χ2v) is 9.40. The predicted molar refractivity (Wildman–Crippen MR) is 138 cm³/mol. The van der Waals surface area contributed by atoms with Gasteiger partial charge >= 0.3 is 0 Å². The monoisotopic (exact) mass is 478 g/mol. The maximum Gasteiger partial charge on any atom is 0.229 e. The molecule has 2 aromatic carbocycles. The van der Waals surface area contributed by atoms with Gasteiger partial charge in [-0.3, -0.25) is 4.79 Å². The molecule has 1 aliphatic rings. The van der Waals surface area contributed by atoms with Crippen molar-refractivity contribution in [3.8, 4) is 17.3 Å². The van der Waals surface area contributed by atoms with E-state index in [0.29, 0.717) is 25.1 Å². The third-order valence-corrected chi connectivity index (χ3v) is 6.76. The van der Waals surface area contributed by atoms with Gasteiger partial charge in [0.05, 0.1) is 36.3 Å². The lowest BCUT2D eigenvalue weighted by Gasteiger charge is -2.34. The van der Waals surface area contributed by atoms with Crippen molar-refractivity contribution in [2.24, 2.45) is 0 Å². The Kier molecular flexibility index (Phi) is 6.94. The highest BCUT2D eigenvalue weighted by atomic mass is 16.2. The SMILES string of the molecule is CCCCC1CN(C(=O)Cc2cnc(Cc3ccc(C#N)cc3)[nH]2)Cc2nc(-c3ccccc3)cn21. The molecule has 0 bridgehead atoms. The molecular formula is C29H30N6O. The van der Waals surface area contributed by atoms with Crippen LogP contribution >= 0.6 is 0 Å². The first-order chi connectivity index (χ1) is 17.6. The zero-order chi connectivity index (χ0) is 24.9. The summed E-state index contributed by atoms with van der Waals surface area (Å²) in [6, 6.07) is 20.1. The zero-order valence-corrected chi connectivity index (χ0v) is 20.5. The van der Waals surface area contributed by atoms with Crippen molar-refractivity contribution >= 4 is 5.91 Å². The zero-order valence-electron chi connectivity index (χ0n) is 20.5.